The lowest BCUT2D eigenvalue weighted by atomic mass is 9.80. The fraction of sp³-hybridized carbons (Fsp3) is 0.200. The maximum Gasteiger partial charge on any atom is 0.251 e. The van der Waals surface area contributed by atoms with Crippen LogP contribution in [0.15, 0.2) is 66.5 Å². The van der Waals surface area contributed by atoms with E-state index in [0.717, 1.165) is 21.7 Å². The molecule has 4 rings (SSSR count). The highest BCUT2D eigenvalue weighted by Crippen LogP contribution is 2.57. The molecule has 0 spiro atoms. The number of halogens is 2. The lowest BCUT2D eigenvalue weighted by Crippen LogP contribution is -2.47. The van der Waals surface area contributed by atoms with Crippen LogP contribution in [-0.4, -0.2) is 20.1 Å². The highest BCUT2D eigenvalue weighted by molar-refractivity contribution is 8.01. The monoisotopic (exact) mass is 367 g/mol. The average molecular weight is 367 g/mol. The van der Waals surface area contributed by atoms with Crippen molar-refractivity contribution in [1.82, 2.24) is 9.38 Å². The third-order valence-corrected chi connectivity index (χ3v) is 6.11. The predicted octanol–water partition coefficient (Wildman–Crippen LogP) is 5.32. The number of aromatic nitrogens is 2. The minimum Gasteiger partial charge on any atom is -0.315 e. The summed E-state index contributed by atoms with van der Waals surface area (Å²) in [7, 11) is 0. The lowest BCUT2D eigenvalue weighted by Gasteiger charge is -2.44. The first kappa shape index (κ1) is 16.8. The Balaban J connectivity index is 1.80. The lowest BCUT2D eigenvalue weighted by molar-refractivity contribution is -0.0841. The van der Waals surface area contributed by atoms with Crippen molar-refractivity contribution < 1.29 is 8.78 Å². The smallest absolute Gasteiger partial charge is 0.251 e. The minimum absolute atomic E-state index is 0.206. The van der Waals surface area contributed by atoms with Crippen molar-refractivity contribution in [3.05, 3.63) is 67.1 Å². The quantitative estimate of drug-likeness (QED) is 0.586. The molecule has 26 heavy (non-hydrogen) atoms. The van der Waals surface area contributed by atoms with Gasteiger partial charge in [-0.1, -0.05) is 6.08 Å². The van der Waals surface area contributed by atoms with Gasteiger partial charge in [-0.15, -0.1) is 18.3 Å². The van der Waals surface area contributed by atoms with Crippen LogP contribution in [0.1, 0.15) is 18.4 Å². The molecule has 0 bridgehead atoms. The molecule has 3 nitrogen and oxygen atoms in total. The molecule has 3 heterocycles. The number of nitrogens with zero attached hydrogens (tertiary/aromatic N) is 3. The van der Waals surface area contributed by atoms with Crippen LogP contribution in [0.4, 0.5) is 8.78 Å². The predicted molar refractivity (Wildman–Crippen MR) is 98.3 cm³/mol. The molecule has 1 aliphatic carbocycles. The molecule has 1 fully saturated rings. The van der Waals surface area contributed by atoms with Gasteiger partial charge in [0.1, 0.15) is 6.07 Å². The molecule has 0 atom stereocenters. The first-order valence-electron chi connectivity index (χ1n) is 8.12. The van der Waals surface area contributed by atoms with Crippen LogP contribution < -0.4 is 0 Å². The maximum absolute atomic E-state index is 13.5. The van der Waals surface area contributed by atoms with Gasteiger partial charge in [-0.3, -0.25) is 4.98 Å². The van der Waals surface area contributed by atoms with Gasteiger partial charge in [-0.05, 0) is 30.3 Å². The number of pyridine rings is 2. The van der Waals surface area contributed by atoms with Gasteiger partial charge in [0.2, 0.25) is 0 Å². The van der Waals surface area contributed by atoms with Gasteiger partial charge in [0.15, 0.2) is 0 Å². The Morgan fingerprint density at radius 1 is 1.27 bits per heavy atom. The number of hydrogen-bond acceptors (Lipinski definition) is 3. The second-order valence-corrected chi connectivity index (χ2v) is 7.92. The fourth-order valence-corrected chi connectivity index (χ4v) is 4.90. The zero-order chi connectivity index (χ0) is 18.4. The van der Waals surface area contributed by atoms with Crippen LogP contribution in [0, 0.1) is 11.3 Å². The van der Waals surface area contributed by atoms with Gasteiger partial charge in [0, 0.05) is 46.6 Å². The van der Waals surface area contributed by atoms with Crippen molar-refractivity contribution in [3.63, 3.8) is 0 Å². The molecule has 130 valence electrons. The van der Waals surface area contributed by atoms with Crippen LogP contribution in [0.3, 0.4) is 0 Å². The summed E-state index contributed by atoms with van der Waals surface area (Å²) in [6.07, 6.45) is 6.49. The van der Waals surface area contributed by atoms with Crippen LogP contribution in [-0.2, 0) is 0 Å². The number of rotatable bonds is 4. The van der Waals surface area contributed by atoms with Gasteiger partial charge >= 0.3 is 0 Å². The summed E-state index contributed by atoms with van der Waals surface area (Å²) in [6, 6.07) is 11.4. The zero-order valence-corrected chi connectivity index (χ0v) is 14.6. The van der Waals surface area contributed by atoms with E-state index >= 15 is 0 Å². The van der Waals surface area contributed by atoms with Gasteiger partial charge in [0.05, 0.1) is 16.8 Å². The van der Waals surface area contributed by atoms with Crippen LogP contribution >= 0.6 is 11.8 Å². The third kappa shape index (κ3) is 2.69. The number of thioether (sulfide) groups is 1. The summed E-state index contributed by atoms with van der Waals surface area (Å²) in [4.78, 5) is 5.09. The van der Waals surface area contributed by atoms with Crippen LogP contribution in [0.25, 0.3) is 16.8 Å². The molecule has 0 unspecified atom stereocenters. The van der Waals surface area contributed by atoms with Gasteiger partial charge in [-0.2, -0.15) is 5.26 Å². The molecule has 3 aromatic rings. The first-order chi connectivity index (χ1) is 12.5. The Hall–Kier alpha value is -2.65. The largest absolute Gasteiger partial charge is 0.315 e. The Labute approximate surface area is 154 Å². The fourth-order valence-electron chi connectivity index (χ4n) is 3.42. The van der Waals surface area contributed by atoms with E-state index in [1.807, 2.05) is 34.9 Å². The SMILES string of the molecule is C=CC1(Sc2ccncc2-c2ccc(C#N)c3cccn23)CC(F)(F)C1. The zero-order valence-electron chi connectivity index (χ0n) is 13.8. The molecule has 0 saturated heterocycles. The van der Waals surface area contributed by atoms with E-state index in [1.165, 1.54) is 11.8 Å². The third-order valence-electron chi connectivity index (χ3n) is 4.67. The van der Waals surface area contributed by atoms with E-state index in [9.17, 15) is 14.0 Å². The molecule has 0 aromatic carbocycles. The van der Waals surface area contributed by atoms with E-state index in [2.05, 4.69) is 17.6 Å². The topological polar surface area (TPSA) is 41.1 Å². The summed E-state index contributed by atoms with van der Waals surface area (Å²) in [5.41, 5.74) is 3.10. The molecule has 0 amide bonds. The van der Waals surface area contributed by atoms with E-state index in [4.69, 9.17) is 0 Å². The summed E-state index contributed by atoms with van der Waals surface area (Å²) in [5, 5.41) is 9.28. The highest BCUT2D eigenvalue weighted by atomic mass is 32.2. The van der Waals surface area contributed by atoms with Crippen molar-refractivity contribution in [3.8, 4) is 17.3 Å². The van der Waals surface area contributed by atoms with Crippen molar-refractivity contribution >= 4 is 17.3 Å². The number of alkyl halides is 2. The summed E-state index contributed by atoms with van der Waals surface area (Å²) < 4.78 is 28.2. The molecule has 1 aliphatic rings. The normalized spacial score (nSPS) is 17.4. The van der Waals surface area contributed by atoms with Gasteiger partial charge < -0.3 is 4.40 Å². The van der Waals surface area contributed by atoms with Crippen molar-refractivity contribution in [2.45, 2.75) is 28.4 Å². The minimum atomic E-state index is -2.63. The number of nitriles is 1. The maximum atomic E-state index is 13.5. The van der Waals surface area contributed by atoms with Crippen molar-refractivity contribution in [1.29, 1.82) is 5.26 Å². The molecular weight excluding hydrogens is 352 g/mol. The Bertz CT molecular complexity index is 1040. The van der Waals surface area contributed by atoms with Crippen LogP contribution in [0.2, 0.25) is 0 Å². The Morgan fingerprint density at radius 3 is 2.77 bits per heavy atom. The van der Waals surface area contributed by atoms with E-state index in [1.54, 1.807) is 24.5 Å². The van der Waals surface area contributed by atoms with Crippen molar-refractivity contribution in [2.75, 3.05) is 0 Å². The molecule has 3 aromatic heterocycles. The molecule has 0 aliphatic heterocycles. The van der Waals surface area contributed by atoms with E-state index in [-0.39, 0.29) is 12.8 Å². The second kappa shape index (κ2) is 5.96. The second-order valence-electron chi connectivity index (χ2n) is 6.46. The Kier molecular flexibility index (Phi) is 3.85. The molecule has 0 N–H and O–H groups in total. The van der Waals surface area contributed by atoms with E-state index in [0.29, 0.717) is 5.56 Å². The summed E-state index contributed by atoms with van der Waals surface area (Å²) >= 11 is 1.41. The number of hydrogen-bond donors (Lipinski definition) is 0. The van der Waals surface area contributed by atoms with E-state index < -0.39 is 10.7 Å². The molecular formula is C20H15F2N3S. The first-order valence-corrected chi connectivity index (χ1v) is 8.94. The van der Waals surface area contributed by atoms with Crippen LogP contribution in [0.5, 0.6) is 0 Å². The molecule has 0 radical (unpaired) electrons. The average Bonchev–Trinajstić information content (AvgIpc) is 3.09. The summed E-state index contributed by atoms with van der Waals surface area (Å²) in [5.74, 6) is -2.63. The molecule has 1 saturated carbocycles. The van der Waals surface area contributed by atoms with Gasteiger partial charge in [-0.25, -0.2) is 8.78 Å². The van der Waals surface area contributed by atoms with Gasteiger partial charge in [0.25, 0.3) is 5.92 Å². The standard InChI is InChI=1S/C20H15F2N3S/c1-2-19(12-20(21,22)13-19)26-18-7-8-24-11-15(18)17-6-5-14(10-23)16-4-3-9-25(16)17/h2-9,11H,1,12-13H2. The number of fused-ring (bicyclic) bond motifs is 1. The van der Waals surface area contributed by atoms with Crippen molar-refractivity contribution in [2.24, 2.45) is 0 Å². The summed E-state index contributed by atoms with van der Waals surface area (Å²) in [6.45, 7) is 3.77. The molecule has 6 heteroatoms. The highest BCUT2D eigenvalue weighted by Gasteiger charge is 2.55. The Morgan fingerprint density at radius 2 is 2.08 bits per heavy atom.